The van der Waals surface area contributed by atoms with E-state index in [2.05, 4.69) is 10.1 Å². The number of benzene rings is 2. The molecule has 29 heavy (non-hydrogen) atoms. The molecule has 2 aromatic carbocycles. The predicted molar refractivity (Wildman–Crippen MR) is 108 cm³/mol. The van der Waals surface area contributed by atoms with Gasteiger partial charge in [-0.3, -0.25) is 4.98 Å². The largest absolute Gasteiger partial charge is 0.505 e. The minimum absolute atomic E-state index is 0.0800. The number of ether oxygens (including phenoxy) is 2. The van der Waals surface area contributed by atoms with Crippen LogP contribution in [0.4, 0.5) is 0 Å². The second-order valence-corrected chi connectivity index (χ2v) is 6.44. The molecule has 0 radical (unpaired) electrons. The van der Waals surface area contributed by atoms with Crippen LogP contribution >= 0.6 is 11.6 Å². The van der Waals surface area contributed by atoms with Crippen LogP contribution < -0.4 is 4.74 Å². The molecule has 0 atom stereocenters. The Bertz CT molecular complexity index is 1190. The first-order chi connectivity index (χ1) is 14.1. The first-order valence-electron chi connectivity index (χ1n) is 8.85. The van der Waals surface area contributed by atoms with E-state index in [4.69, 9.17) is 21.1 Å². The number of hydrogen-bond acceptors (Lipinski definition) is 6. The Morgan fingerprint density at radius 3 is 2.62 bits per heavy atom. The average Bonchev–Trinajstić information content (AvgIpc) is 3.10. The lowest BCUT2D eigenvalue weighted by Gasteiger charge is -2.11. The molecule has 4 rings (SSSR count). The zero-order valence-corrected chi connectivity index (χ0v) is 16.1. The van der Waals surface area contributed by atoms with Gasteiger partial charge in [0.1, 0.15) is 22.8 Å². The summed E-state index contributed by atoms with van der Waals surface area (Å²) in [6.45, 7) is 1.89. The zero-order valence-electron chi connectivity index (χ0n) is 15.4. The maximum Gasteiger partial charge on any atom is 0.359 e. The first kappa shape index (κ1) is 18.8. The van der Waals surface area contributed by atoms with Crippen molar-refractivity contribution in [2.24, 2.45) is 0 Å². The molecule has 146 valence electrons. The van der Waals surface area contributed by atoms with Crippen molar-refractivity contribution in [2.75, 3.05) is 6.61 Å². The number of carbonyl (C=O) groups excluding carboxylic acids is 1. The number of halogens is 1. The molecule has 0 saturated heterocycles. The van der Waals surface area contributed by atoms with Crippen molar-refractivity contribution >= 4 is 28.6 Å². The smallest absolute Gasteiger partial charge is 0.359 e. The summed E-state index contributed by atoms with van der Waals surface area (Å²) < 4.78 is 12.3. The molecular weight excluding hydrogens is 394 g/mol. The molecule has 7 nitrogen and oxygen atoms in total. The van der Waals surface area contributed by atoms with Gasteiger partial charge in [0.25, 0.3) is 0 Å². The van der Waals surface area contributed by atoms with Gasteiger partial charge in [-0.05, 0) is 31.2 Å². The Morgan fingerprint density at radius 2 is 1.90 bits per heavy atom. The lowest BCUT2D eigenvalue weighted by Crippen LogP contribution is -2.13. The normalized spacial score (nSPS) is 10.8. The third-order valence-corrected chi connectivity index (χ3v) is 4.44. The van der Waals surface area contributed by atoms with Gasteiger partial charge in [0.05, 0.1) is 17.3 Å². The van der Waals surface area contributed by atoms with Crippen molar-refractivity contribution in [3.05, 3.63) is 71.5 Å². The molecule has 2 heterocycles. The molecule has 2 aromatic heterocycles. The van der Waals surface area contributed by atoms with Gasteiger partial charge >= 0.3 is 5.97 Å². The highest BCUT2D eigenvalue weighted by Crippen LogP contribution is 2.32. The Balaban J connectivity index is 1.81. The van der Waals surface area contributed by atoms with Gasteiger partial charge in [-0.1, -0.05) is 29.8 Å². The van der Waals surface area contributed by atoms with Gasteiger partial charge in [0.15, 0.2) is 11.2 Å². The maximum atomic E-state index is 12.6. The molecule has 0 bridgehead atoms. The van der Waals surface area contributed by atoms with E-state index in [9.17, 15) is 9.90 Å². The summed E-state index contributed by atoms with van der Waals surface area (Å²) in [5, 5.41) is 14.8. The van der Waals surface area contributed by atoms with Gasteiger partial charge in [-0.2, -0.15) is 5.10 Å². The van der Waals surface area contributed by atoms with E-state index in [1.54, 1.807) is 25.1 Å². The number of fused-ring (bicyclic) bond motifs is 1. The van der Waals surface area contributed by atoms with E-state index >= 15 is 0 Å². The zero-order chi connectivity index (χ0) is 20.4. The Kier molecular flexibility index (Phi) is 5.05. The van der Waals surface area contributed by atoms with E-state index < -0.39 is 5.97 Å². The van der Waals surface area contributed by atoms with E-state index in [0.29, 0.717) is 22.2 Å². The first-order valence-corrected chi connectivity index (χ1v) is 9.23. The lowest BCUT2D eigenvalue weighted by molar-refractivity contribution is 0.0518. The number of hydrogen-bond donors (Lipinski definition) is 1. The fourth-order valence-electron chi connectivity index (χ4n) is 2.87. The van der Waals surface area contributed by atoms with Crippen LogP contribution in [0, 0.1) is 0 Å². The lowest BCUT2D eigenvalue weighted by atomic mass is 10.2. The quantitative estimate of drug-likeness (QED) is 0.479. The molecule has 1 N–H and O–H groups in total. The van der Waals surface area contributed by atoms with Crippen molar-refractivity contribution in [3.63, 3.8) is 0 Å². The SMILES string of the molecule is CCOC(=O)c1c2nccc(O)c2nn1-c1ccc(Oc2ccccc2)cc1Cl. The molecule has 0 aliphatic heterocycles. The molecular formula is C21H16ClN3O4. The highest BCUT2D eigenvalue weighted by Gasteiger charge is 2.24. The number of aromatic hydroxyl groups is 1. The highest BCUT2D eigenvalue weighted by molar-refractivity contribution is 6.32. The van der Waals surface area contributed by atoms with Crippen molar-refractivity contribution < 1.29 is 19.4 Å². The fraction of sp³-hybridized carbons (Fsp3) is 0.0952. The van der Waals surface area contributed by atoms with Crippen LogP contribution in [0.3, 0.4) is 0 Å². The van der Waals surface area contributed by atoms with Crippen LogP contribution in [0.5, 0.6) is 17.2 Å². The number of nitrogens with zero attached hydrogens (tertiary/aromatic N) is 3. The highest BCUT2D eigenvalue weighted by atomic mass is 35.5. The van der Waals surface area contributed by atoms with Crippen LogP contribution in [-0.2, 0) is 4.74 Å². The molecule has 0 aliphatic carbocycles. The number of para-hydroxylation sites is 1. The number of carbonyl (C=O) groups is 1. The maximum absolute atomic E-state index is 12.6. The second kappa shape index (κ2) is 7.81. The molecule has 0 amide bonds. The van der Waals surface area contributed by atoms with E-state index in [-0.39, 0.29) is 29.1 Å². The molecule has 0 fully saturated rings. The van der Waals surface area contributed by atoms with Crippen molar-refractivity contribution in [1.82, 2.24) is 14.8 Å². The summed E-state index contributed by atoms with van der Waals surface area (Å²) in [4.78, 5) is 16.8. The van der Waals surface area contributed by atoms with Gasteiger partial charge in [0, 0.05) is 18.3 Å². The van der Waals surface area contributed by atoms with Crippen molar-refractivity contribution in [2.45, 2.75) is 6.92 Å². The average molecular weight is 410 g/mol. The third-order valence-electron chi connectivity index (χ3n) is 4.13. The summed E-state index contributed by atoms with van der Waals surface area (Å²) >= 11 is 6.48. The number of rotatable bonds is 5. The Hall–Kier alpha value is -3.58. The van der Waals surface area contributed by atoms with E-state index in [1.807, 2.05) is 30.3 Å². The summed E-state index contributed by atoms with van der Waals surface area (Å²) in [6, 6.07) is 15.7. The molecule has 0 unspecified atom stereocenters. The minimum Gasteiger partial charge on any atom is -0.505 e. The number of pyridine rings is 1. The van der Waals surface area contributed by atoms with Crippen LogP contribution in [0.2, 0.25) is 5.02 Å². The fourth-order valence-corrected chi connectivity index (χ4v) is 3.12. The topological polar surface area (TPSA) is 86.5 Å². The van der Waals surface area contributed by atoms with Gasteiger partial charge in [-0.25, -0.2) is 9.48 Å². The van der Waals surface area contributed by atoms with Crippen LogP contribution in [0.15, 0.2) is 60.8 Å². The molecule has 8 heteroatoms. The standard InChI is InChI=1S/C21H16ClN3O4/c1-2-28-21(27)20-19-18(17(26)10-11-23-19)24-25(20)16-9-8-14(12-15(16)22)29-13-6-4-3-5-7-13/h3-12,26H,2H2,1H3. The van der Waals surface area contributed by atoms with Gasteiger partial charge in [0.2, 0.25) is 0 Å². The van der Waals surface area contributed by atoms with Crippen molar-refractivity contribution in [3.8, 4) is 22.9 Å². The minimum atomic E-state index is -0.617. The predicted octanol–water partition coefficient (Wildman–Crippen LogP) is 4.75. The molecule has 0 spiro atoms. The summed E-state index contributed by atoms with van der Waals surface area (Å²) in [6.07, 6.45) is 1.39. The molecule has 4 aromatic rings. The molecule has 0 saturated carbocycles. The van der Waals surface area contributed by atoms with Crippen LogP contribution in [0.25, 0.3) is 16.7 Å². The number of aromatic nitrogens is 3. The Morgan fingerprint density at radius 1 is 1.10 bits per heavy atom. The van der Waals surface area contributed by atoms with Crippen LogP contribution in [-0.4, -0.2) is 32.4 Å². The van der Waals surface area contributed by atoms with Gasteiger partial charge < -0.3 is 14.6 Å². The summed E-state index contributed by atoms with van der Waals surface area (Å²) in [7, 11) is 0. The van der Waals surface area contributed by atoms with Crippen LogP contribution in [0.1, 0.15) is 17.4 Å². The number of esters is 1. The van der Waals surface area contributed by atoms with Crippen molar-refractivity contribution in [1.29, 1.82) is 0 Å². The monoisotopic (exact) mass is 409 g/mol. The van der Waals surface area contributed by atoms with Gasteiger partial charge in [-0.15, -0.1) is 0 Å². The third kappa shape index (κ3) is 3.60. The Labute approximate surface area is 171 Å². The molecule has 0 aliphatic rings. The summed E-state index contributed by atoms with van der Waals surface area (Å²) in [5.74, 6) is 0.482. The second-order valence-electron chi connectivity index (χ2n) is 6.04. The van der Waals surface area contributed by atoms with E-state index in [1.165, 1.54) is 16.9 Å². The van der Waals surface area contributed by atoms with E-state index in [0.717, 1.165) is 0 Å². The summed E-state index contributed by atoms with van der Waals surface area (Å²) in [5.41, 5.74) is 0.907.